The molecule has 1 aromatic carbocycles. The Morgan fingerprint density at radius 2 is 2.17 bits per heavy atom. The van der Waals surface area contributed by atoms with Crippen LogP contribution in [0.1, 0.15) is 18.2 Å². The maximum atomic E-state index is 14.2. The second-order valence-electron chi connectivity index (χ2n) is 6.59. The van der Waals surface area contributed by atoms with Gasteiger partial charge in [-0.1, -0.05) is 6.08 Å². The van der Waals surface area contributed by atoms with Gasteiger partial charge in [0.1, 0.15) is 5.75 Å². The van der Waals surface area contributed by atoms with E-state index in [0.717, 1.165) is 27.6 Å². The van der Waals surface area contributed by atoms with Crippen LogP contribution in [-0.4, -0.2) is 28.3 Å². The first-order valence-electron chi connectivity index (χ1n) is 8.87. The van der Waals surface area contributed by atoms with E-state index in [-0.39, 0.29) is 23.3 Å². The smallest absolute Gasteiger partial charge is 0.272 e. The van der Waals surface area contributed by atoms with Gasteiger partial charge in [0.05, 0.1) is 27.2 Å². The lowest BCUT2D eigenvalue weighted by Gasteiger charge is -2.20. The summed E-state index contributed by atoms with van der Waals surface area (Å²) in [6.07, 6.45) is 4.27. The fraction of sp³-hybridized carbons (Fsp3) is 0.200. The minimum atomic E-state index is -0.814. The summed E-state index contributed by atoms with van der Waals surface area (Å²) < 4.78 is 20.7. The average molecular weight is 413 g/mol. The maximum Gasteiger partial charge on any atom is 0.272 e. The molecule has 9 heteroatoms. The predicted molar refractivity (Wildman–Crippen MR) is 108 cm³/mol. The summed E-state index contributed by atoms with van der Waals surface area (Å²) in [6.45, 7) is 2.25. The van der Waals surface area contributed by atoms with Gasteiger partial charge in [0.15, 0.2) is 17.3 Å². The van der Waals surface area contributed by atoms with Gasteiger partial charge in [0.2, 0.25) is 0 Å². The van der Waals surface area contributed by atoms with Crippen LogP contribution in [-0.2, 0) is 4.79 Å². The number of rotatable bonds is 5. The number of carbonyl (C=O) groups is 1. The Labute approximate surface area is 169 Å². The van der Waals surface area contributed by atoms with E-state index in [1.807, 2.05) is 12.1 Å². The van der Waals surface area contributed by atoms with Gasteiger partial charge in [0.25, 0.3) is 5.69 Å². The summed E-state index contributed by atoms with van der Waals surface area (Å²) in [7, 11) is 0. The van der Waals surface area contributed by atoms with Crippen LogP contribution >= 0.6 is 11.3 Å². The molecule has 1 aliphatic heterocycles. The number of ketones is 1. The molecular weight excluding hydrogens is 397 g/mol. The Morgan fingerprint density at radius 3 is 2.90 bits per heavy atom. The monoisotopic (exact) mass is 413 g/mol. The normalized spacial score (nSPS) is 16.5. The van der Waals surface area contributed by atoms with Gasteiger partial charge in [-0.15, -0.1) is 11.3 Å². The Morgan fingerprint density at radius 1 is 1.34 bits per heavy atom. The van der Waals surface area contributed by atoms with E-state index in [9.17, 15) is 19.3 Å². The van der Waals surface area contributed by atoms with Crippen LogP contribution in [0.25, 0.3) is 15.8 Å². The lowest BCUT2D eigenvalue weighted by atomic mass is 10.0. The number of thiophene rings is 1. The largest absolute Gasteiger partial charge is 0.453 e. The third kappa shape index (κ3) is 3.87. The van der Waals surface area contributed by atoms with Crippen LogP contribution < -0.4 is 10.1 Å². The molecule has 0 aliphatic carbocycles. The number of halogens is 1. The molecular formula is C20H16FN3O4S. The number of nitrogens with one attached hydrogen (secondary N) is 1. The van der Waals surface area contributed by atoms with Crippen molar-refractivity contribution in [3.05, 3.63) is 63.4 Å². The van der Waals surface area contributed by atoms with Gasteiger partial charge >= 0.3 is 0 Å². The standard InChI is InChI=1S/C20H16FN3O4S/c1-11(25)15-8-12(4-6-22-15)19-10-16-20(29-19)18(5-7-23-16)28-17-3-2-13(24(26)27)9-14(17)21/h2-3,5,7-10,15,22H,4,6H2,1H3. The molecule has 1 atom stereocenters. The number of fused-ring (bicyclic) bond motifs is 1. The Kier molecular flexibility index (Phi) is 5.08. The number of nitrogens with zero attached hydrogens (tertiary/aromatic N) is 2. The van der Waals surface area contributed by atoms with Crippen LogP contribution in [0.2, 0.25) is 0 Å². The van der Waals surface area contributed by atoms with E-state index in [1.54, 1.807) is 19.2 Å². The number of pyridine rings is 1. The SMILES string of the molecule is CC(=O)C1C=C(c2cc3nccc(Oc4ccc([N+](=O)[O-])cc4F)c3s2)CCN1. The van der Waals surface area contributed by atoms with E-state index in [2.05, 4.69) is 10.3 Å². The molecule has 3 heterocycles. The van der Waals surface area contributed by atoms with Crippen molar-refractivity contribution in [2.24, 2.45) is 0 Å². The van der Waals surface area contributed by atoms with Crippen LogP contribution in [0.15, 0.2) is 42.6 Å². The topological polar surface area (TPSA) is 94.4 Å². The van der Waals surface area contributed by atoms with Crippen molar-refractivity contribution >= 4 is 38.6 Å². The highest BCUT2D eigenvalue weighted by Gasteiger charge is 2.20. The van der Waals surface area contributed by atoms with E-state index in [4.69, 9.17) is 4.74 Å². The van der Waals surface area contributed by atoms with Crippen LogP contribution in [0, 0.1) is 15.9 Å². The number of Topliss-reactive ketones (excluding diaryl/α,β-unsaturated/α-hetero) is 1. The minimum absolute atomic E-state index is 0.0547. The number of nitro benzene ring substituents is 1. The molecule has 0 bridgehead atoms. The van der Waals surface area contributed by atoms with Crippen molar-refractivity contribution in [3.8, 4) is 11.5 Å². The number of hydrogen-bond acceptors (Lipinski definition) is 7. The molecule has 0 amide bonds. The predicted octanol–water partition coefficient (Wildman–Crippen LogP) is 4.47. The van der Waals surface area contributed by atoms with Crippen LogP contribution in [0.5, 0.6) is 11.5 Å². The quantitative estimate of drug-likeness (QED) is 0.490. The number of nitro groups is 1. The second kappa shape index (κ2) is 7.69. The first-order chi connectivity index (χ1) is 13.9. The fourth-order valence-electron chi connectivity index (χ4n) is 3.13. The van der Waals surface area contributed by atoms with E-state index < -0.39 is 10.7 Å². The van der Waals surface area contributed by atoms with Gasteiger partial charge < -0.3 is 10.1 Å². The highest BCUT2D eigenvalue weighted by atomic mass is 32.1. The number of ether oxygens (including phenoxy) is 1. The molecule has 1 aliphatic rings. The zero-order valence-electron chi connectivity index (χ0n) is 15.3. The fourth-order valence-corrected chi connectivity index (χ4v) is 4.25. The molecule has 0 saturated heterocycles. The summed E-state index contributed by atoms with van der Waals surface area (Å²) in [4.78, 5) is 27.1. The third-order valence-electron chi connectivity index (χ3n) is 4.60. The van der Waals surface area contributed by atoms with Gasteiger partial charge in [-0.25, -0.2) is 4.39 Å². The third-order valence-corrected chi connectivity index (χ3v) is 5.82. The number of non-ortho nitro benzene ring substituents is 1. The zero-order chi connectivity index (χ0) is 20.5. The molecule has 2 aromatic heterocycles. The maximum absolute atomic E-state index is 14.2. The lowest BCUT2D eigenvalue weighted by Crippen LogP contribution is -2.37. The highest BCUT2D eigenvalue weighted by molar-refractivity contribution is 7.20. The number of aromatic nitrogens is 1. The highest BCUT2D eigenvalue weighted by Crippen LogP contribution is 2.39. The summed E-state index contributed by atoms with van der Waals surface area (Å²) in [5.74, 6) is -0.446. The van der Waals surface area contributed by atoms with Gasteiger partial charge in [-0.05, 0) is 31.1 Å². The molecule has 7 nitrogen and oxygen atoms in total. The Bertz CT molecular complexity index is 1160. The number of carbonyl (C=O) groups excluding carboxylic acids is 1. The van der Waals surface area contributed by atoms with Crippen molar-refractivity contribution in [2.75, 3.05) is 6.54 Å². The molecule has 3 aromatic rings. The Hall–Kier alpha value is -3.17. The molecule has 0 spiro atoms. The Balaban J connectivity index is 1.69. The van der Waals surface area contributed by atoms with Crippen molar-refractivity contribution in [2.45, 2.75) is 19.4 Å². The molecule has 0 fully saturated rings. The second-order valence-corrected chi connectivity index (χ2v) is 7.64. The molecule has 29 heavy (non-hydrogen) atoms. The molecule has 0 radical (unpaired) electrons. The first-order valence-corrected chi connectivity index (χ1v) is 9.69. The molecule has 1 N–H and O–H groups in total. The number of hydrogen-bond donors (Lipinski definition) is 1. The summed E-state index contributed by atoms with van der Waals surface area (Å²) >= 11 is 1.45. The van der Waals surface area contributed by atoms with Crippen LogP contribution in [0.3, 0.4) is 0 Å². The average Bonchev–Trinajstić information content (AvgIpc) is 3.15. The van der Waals surface area contributed by atoms with E-state index in [1.165, 1.54) is 23.5 Å². The lowest BCUT2D eigenvalue weighted by molar-refractivity contribution is -0.385. The van der Waals surface area contributed by atoms with Gasteiger partial charge in [-0.2, -0.15) is 0 Å². The van der Waals surface area contributed by atoms with Crippen molar-refractivity contribution in [1.82, 2.24) is 10.3 Å². The summed E-state index contributed by atoms with van der Waals surface area (Å²) in [6, 6.07) is 6.50. The minimum Gasteiger partial charge on any atom is -0.453 e. The molecule has 148 valence electrons. The molecule has 1 unspecified atom stereocenters. The van der Waals surface area contributed by atoms with E-state index >= 15 is 0 Å². The molecule has 4 rings (SSSR count). The van der Waals surface area contributed by atoms with Gasteiger partial charge in [0, 0.05) is 29.8 Å². The van der Waals surface area contributed by atoms with Crippen LogP contribution in [0.4, 0.5) is 10.1 Å². The zero-order valence-corrected chi connectivity index (χ0v) is 16.2. The van der Waals surface area contributed by atoms with Crippen molar-refractivity contribution in [1.29, 1.82) is 0 Å². The van der Waals surface area contributed by atoms with Crippen molar-refractivity contribution in [3.63, 3.8) is 0 Å². The van der Waals surface area contributed by atoms with Crippen molar-refractivity contribution < 1.29 is 18.8 Å². The van der Waals surface area contributed by atoms with E-state index in [0.29, 0.717) is 17.8 Å². The summed E-state index contributed by atoms with van der Waals surface area (Å²) in [5, 5.41) is 13.9. The van der Waals surface area contributed by atoms with Gasteiger partial charge in [-0.3, -0.25) is 19.9 Å². The molecule has 0 saturated carbocycles. The first kappa shape index (κ1) is 19.2. The summed E-state index contributed by atoms with van der Waals surface area (Å²) in [5.41, 5.74) is 1.41. The number of benzene rings is 1.